The summed E-state index contributed by atoms with van der Waals surface area (Å²) in [5.41, 5.74) is 0. The fraction of sp³-hybridized carbons (Fsp3) is 0.500. The van der Waals surface area contributed by atoms with E-state index < -0.39 is 5.97 Å². The molecule has 0 fully saturated rings. The number of hydrogen-bond acceptors (Lipinski definition) is 4. The van der Waals surface area contributed by atoms with Gasteiger partial charge in [-0.2, -0.15) is 0 Å². The minimum absolute atomic E-state index is 0.00549. The van der Waals surface area contributed by atoms with Crippen LogP contribution in [0.5, 0.6) is 0 Å². The van der Waals surface area contributed by atoms with Crippen molar-refractivity contribution in [3.8, 4) is 0 Å². The zero-order valence-electron chi connectivity index (χ0n) is 9.02. The normalized spacial score (nSPS) is 10.1. The lowest BCUT2D eigenvalue weighted by Gasteiger charge is -2.01. The van der Waals surface area contributed by atoms with E-state index in [0.29, 0.717) is 18.1 Å². The molecule has 6 nitrogen and oxygen atoms in total. The van der Waals surface area contributed by atoms with Gasteiger partial charge in [-0.3, -0.25) is 9.59 Å². The Hall–Kier alpha value is -1.85. The highest BCUT2D eigenvalue weighted by atomic mass is 16.4. The van der Waals surface area contributed by atoms with E-state index in [0.717, 1.165) is 0 Å². The Bertz CT molecular complexity index is 373. The number of carbonyl (C=O) groups excluding carboxylic acids is 1. The third-order valence-electron chi connectivity index (χ3n) is 1.90. The van der Waals surface area contributed by atoms with Crippen molar-refractivity contribution < 1.29 is 19.1 Å². The lowest BCUT2D eigenvalue weighted by molar-refractivity contribution is -0.137. The maximum Gasteiger partial charge on any atom is 0.303 e. The van der Waals surface area contributed by atoms with E-state index in [1.54, 1.807) is 13.1 Å². The molecule has 1 amide bonds. The van der Waals surface area contributed by atoms with Crippen LogP contribution in [0.2, 0.25) is 0 Å². The molecule has 0 saturated heterocycles. The summed E-state index contributed by atoms with van der Waals surface area (Å²) < 4.78 is 5.16. The summed E-state index contributed by atoms with van der Waals surface area (Å²) >= 11 is 0. The van der Waals surface area contributed by atoms with E-state index in [1.165, 1.54) is 0 Å². The summed E-state index contributed by atoms with van der Waals surface area (Å²) in [6.45, 7) is 2.00. The average molecular weight is 226 g/mol. The largest absolute Gasteiger partial charge is 0.481 e. The number of rotatable bonds is 6. The molecule has 0 radical (unpaired) electrons. The second-order valence-electron chi connectivity index (χ2n) is 3.39. The first-order valence-electron chi connectivity index (χ1n) is 4.97. The summed E-state index contributed by atoms with van der Waals surface area (Å²) in [6, 6.07) is 0. The number of oxazole rings is 1. The van der Waals surface area contributed by atoms with Gasteiger partial charge in [0.1, 0.15) is 5.76 Å². The van der Waals surface area contributed by atoms with Crippen LogP contribution in [0.25, 0.3) is 0 Å². The molecule has 2 N–H and O–H groups in total. The van der Waals surface area contributed by atoms with Crippen molar-refractivity contribution >= 4 is 11.9 Å². The first-order chi connectivity index (χ1) is 7.58. The molecule has 1 aromatic heterocycles. The third kappa shape index (κ3) is 4.59. The highest BCUT2D eigenvalue weighted by Gasteiger charge is 2.05. The van der Waals surface area contributed by atoms with Crippen LogP contribution >= 0.6 is 0 Å². The zero-order chi connectivity index (χ0) is 12.0. The fourth-order valence-corrected chi connectivity index (χ4v) is 1.15. The Morgan fingerprint density at radius 2 is 2.25 bits per heavy atom. The minimum atomic E-state index is -0.892. The van der Waals surface area contributed by atoms with Crippen LogP contribution in [0, 0.1) is 6.92 Å². The highest BCUT2D eigenvalue weighted by Crippen LogP contribution is 2.01. The fourth-order valence-electron chi connectivity index (χ4n) is 1.15. The van der Waals surface area contributed by atoms with Gasteiger partial charge in [-0.05, 0) is 13.3 Å². The molecule has 1 aromatic rings. The highest BCUT2D eigenvalue weighted by molar-refractivity contribution is 5.76. The molecule has 1 rings (SSSR count). The van der Waals surface area contributed by atoms with Crippen molar-refractivity contribution in [2.75, 3.05) is 0 Å². The number of carbonyl (C=O) groups is 2. The second kappa shape index (κ2) is 5.89. The molecular formula is C10H14N2O4. The van der Waals surface area contributed by atoms with Gasteiger partial charge < -0.3 is 14.8 Å². The number of hydrogen-bond donors (Lipinski definition) is 2. The number of amides is 1. The molecule has 0 saturated carbocycles. The van der Waals surface area contributed by atoms with Crippen LogP contribution < -0.4 is 5.32 Å². The van der Waals surface area contributed by atoms with Gasteiger partial charge in [0.25, 0.3) is 0 Å². The summed E-state index contributed by atoms with van der Waals surface area (Å²) in [5.74, 6) is 0.0486. The maximum atomic E-state index is 11.2. The standard InChI is InChI=1S/C10H14N2O4/c1-7-5-12-9(16-7)6-11-8(13)3-2-4-10(14)15/h5H,2-4,6H2,1H3,(H,11,13)(H,14,15). The monoisotopic (exact) mass is 226 g/mol. The first-order valence-corrected chi connectivity index (χ1v) is 4.97. The first kappa shape index (κ1) is 12.2. The predicted molar refractivity (Wildman–Crippen MR) is 54.6 cm³/mol. The molecule has 0 bridgehead atoms. The molecular weight excluding hydrogens is 212 g/mol. The van der Waals surface area contributed by atoms with Crippen LogP contribution in [-0.2, 0) is 16.1 Å². The van der Waals surface area contributed by atoms with Crippen molar-refractivity contribution in [1.82, 2.24) is 10.3 Å². The van der Waals surface area contributed by atoms with Gasteiger partial charge in [0.2, 0.25) is 11.8 Å². The SMILES string of the molecule is Cc1cnc(CNC(=O)CCCC(=O)O)o1. The molecule has 0 aliphatic carbocycles. The topological polar surface area (TPSA) is 92.4 Å². The van der Waals surface area contributed by atoms with Crippen molar-refractivity contribution in [2.45, 2.75) is 32.7 Å². The lowest BCUT2D eigenvalue weighted by Crippen LogP contribution is -2.22. The van der Waals surface area contributed by atoms with E-state index in [2.05, 4.69) is 10.3 Å². The molecule has 6 heteroatoms. The average Bonchev–Trinajstić information content (AvgIpc) is 2.61. The molecule has 16 heavy (non-hydrogen) atoms. The number of aliphatic carboxylic acids is 1. The number of nitrogens with one attached hydrogen (secondary N) is 1. The Balaban J connectivity index is 2.17. The summed E-state index contributed by atoms with van der Waals surface area (Å²) in [7, 11) is 0. The van der Waals surface area contributed by atoms with Crippen molar-refractivity contribution in [3.05, 3.63) is 17.8 Å². The quantitative estimate of drug-likeness (QED) is 0.750. The molecule has 0 spiro atoms. The van der Waals surface area contributed by atoms with Crippen molar-refractivity contribution in [1.29, 1.82) is 0 Å². The van der Waals surface area contributed by atoms with E-state index in [4.69, 9.17) is 9.52 Å². The van der Waals surface area contributed by atoms with Gasteiger partial charge in [-0.1, -0.05) is 0 Å². The van der Waals surface area contributed by atoms with Gasteiger partial charge in [0.15, 0.2) is 0 Å². The number of carboxylic acid groups (broad SMARTS) is 1. The summed E-state index contributed by atoms with van der Waals surface area (Å²) in [6.07, 6.45) is 2.12. The van der Waals surface area contributed by atoms with E-state index >= 15 is 0 Å². The minimum Gasteiger partial charge on any atom is -0.481 e. The smallest absolute Gasteiger partial charge is 0.303 e. The van der Waals surface area contributed by atoms with E-state index in [-0.39, 0.29) is 25.3 Å². The summed E-state index contributed by atoms with van der Waals surface area (Å²) in [4.78, 5) is 25.4. The Morgan fingerprint density at radius 3 is 2.81 bits per heavy atom. The van der Waals surface area contributed by atoms with Gasteiger partial charge in [0, 0.05) is 12.8 Å². The zero-order valence-corrected chi connectivity index (χ0v) is 9.02. The van der Waals surface area contributed by atoms with E-state index in [9.17, 15) is 9.59 Å². The molecule has 0 aliphatic rings. The van der Waals surface area contributed by atoms with Gasteiger partial charge in [0.05, 0.1) is 12.7 Å². The predicted octanol–water partition coefficient (Wildman–Crippen LogP) is 0.854. The third-order valence-corrected chi connectivity index (χ3v) is 1.90. The molecule has 0 unspecified atom stereocenters. The van der Waals surface area contributed by atoms with Crippen LogP contribution in [0.15, 0.2) is 10.6 Å². The molecule has 0 aromatic carbocycles. The Morgan fingerprint density at radius 1 is 1.50 bits per heavy atom. The van der Waals surface area contributed by atoms with Gasteiger partial charge in [-0.15, -0.1) is 0 Å². The van der Waals surface area contributed by atoms with Gasteiger partial charge >= 0.3 is 5.97 Å². The van der Waals surface area contributed by atoms with Crippen LogP contribution in [0.3, 0.4) is 0 Å². The number of carboxylic acids is 1. The number of aromatic nitrogens is 1. The van der Waals surface area contributed by atoms with Crippen molar-refractivity contribution in [3.63, 3.8) is 0 Å². The Kier molecular flexibility index (Phi) is 4.50. The number of nitrogens with zero attached hydrogens (tertiary/aromatic N) is 1. The van der Waals surface area contributed by atoms with E-state index in [1.807, 2.05) is 0 Å². The maximum absolute atomic E-state index is 11.2. The van der Waals surface area contributed by atoms with Crippen LogP contribution in [0.4, 0.5) is 0 Å². The van der Waals surface area contributed by atoms with Crippen molar-refractivity contribution in [2.24, 2.45) is 0 Å². The lowest BCUT2D eigenvalue weighted by atomic mass is 10.2. The summed E-state index contributed by atoms with van der Waals surface area (Å²) in [5, 5.41) is 11.0. The van der Waals surface area contributed by atoms with Gasteiger partial charge in [-0.25, -0.2) is 4.98 Å². The Labute approximate surface area is 92.7 Å². The molecule has 0 aliphatic heterocycles. The second-order valence-corrected chi connectivity index (χ2v) is 3.39. The number of aryl methyl sites for hydroxylation is 1. The molecule has 0 atom stereocenters. The van der Waals surface area contributed by atoms with Crippen LogP contribution in [-0.4, -0.2) is 22.0 Å². The molecule has 88 valence electrons. The molecule has 1 heterocycles. The van der Waals surface area contributed by atoms with Crippen LogP contribution in [0.1, 0.15) is 30.9 Å².